The summed E-state index contributed by atoms with van der Waals surface area (Å²) < 4.78 is 12.8. The molecule has 166 valence electrons. The van der Waals surface area contributed by atoms with Crippen molar-refractivity contribution in [3.05, 3.63) is 59.4 Å². The predicted octanol–water partition coefficient (Wildman–Crippen LogP) is 4.65. The molecule has 7 nitrogen and oxygen atoms in total. The molecule has 7 heteroatoms. The summed E-state index contributed by atoms with van der Waals surface area (Å²) in [5, 5.41) is 11.8. The van der Waals surface area contributed by atoms with Crippen LogP contribution in [-0.2, 0) is 17.8 Å². The number of methoxy groups -OCH3 is 2. The van der Waals surface area contributed by atoms with Gasteiger partial charge in [-0.2, -0.15) is 0 Å². The van der Waals surface area contributed by atoms with E-state index in [1.54, 1.807) is 26.4 Å². The van der Waals surface area contributed by atoms with Crippen LogP contribution in [0, 0.1) is 6.92 Å². The minimum atomic E-state index is -0.219. The summed E-state index contributed by atoms with van der Waals surface area (Å²) in [5.74, 6) is 3.01. The summed E-state index contributed by atoms with van der Waals surface area (Å²) in [4.78, 5) is 12.6. The second kappa shape index (κ2) is 9.68. The Labute approximate surface area is 188 Å². The van der Waals surface area contributed by atoms with Crippen LogP contribution in [0.15, 0.2) is 42.5 Å². The van der Waals surface area contributed by atoms with Crippen molar-refractivity contribution < 1.29 is 14.3 Å². The molecule has 0 unspecified atom stereocenters. The minimum Gasteiger partial charge on any atom is -0.497 e. The fourth-order valence-electron chi connectivity index (χ4n) is 3.89. The number of aromatic nitrogens is 3. The molecule has 0 fully saturated rings. The van der Waals surface area contributed by atoms with Gasteiger partial charge in [0.25, 0.3) is 0 Å². The number of hydrogen-bond donors (Lipinski definition) is 1. The SMILES string of the molecule is COc1ccc(/C=C/C(=O)Nc2cc(-c3nnc4n3CCCCC4)ccc2C)c(OC)c1. The van der Waals surface area contributed by atoms with E-state index in [-0.39, 0.29) is 5.91 Å². The number of nitrogens with zero attached hydrogens (tertiary/aromatic N) is 3. The number of rotatable bonds is 6. The van der Waals surface area contributed by atoms with Gasteiger partial charge in [0.05, 0.1) is 14.2 Å². The lowest BCUT2D eigenvalue weighted by Gasteiger charge is -2.11. The predicted molar refractivity (Wildman–Crippen MR) is 125 cm³/mol. The molecule has 0 spiro atoms. The Hall–Kier alpha value is -3.61. The Balaban J connectivity index is 1.53. The van der Waals surface area contributed by atoms with Crippen molar-refractivity contribution in [1.82, 2.24) is 14.8 Å². The number of anilines is 1. The lowest BCUT2D eigenvalue weighted by atomic mass is 10.1. The van der Waals surface area contributed by atoms with Gasteiger partial charge in [-0.15, -0.1) is 10.2 Å². The maximum absolute atomic E-state index is 12.6. The molecule has 32 heavy (non-hydrogen) atoms. The van der Waals surface area contributed by atoms with Crippen molar-refractivity contribution in [2.24, 2.45) is 0 Å². The summed E-state index contributed by atoms with van der Waals surface area (Å²) >= 11 is 0. The molecular weight excluding hydrogens is 404 g/mol. The lowest BCUT2D eigenvalue weighted by Crippen LogP contribution is -2.09. The van der Waals surface area contributed by atoms with E-state index in [9.17, 15) is 4.79 Å². The zero-order valence-electron chi connectivity index (χ0n) is 18.7. The number of aryl methyl sites for hydroxylation is 2. The number of amides is 1. The first-order valence-corrected chi connectivity index (χ1v) is 10.8. The molecule has 0 radical (unpaired) electrons. The van der Waals surface area contributed by atoms with Crippen molar-refractivity contribution in [2.75, 3.05) is 19.5 Å². The number of carbonyl (C=O) groups excluding carboxylic acids is 1. The van der Waals surface area contributed by atoms with Crippen LogP contribution in [-0.4, -0.2) is 34.9 Å². The third-order valence-corrected chi connectivity index (χ3v) is 5.72. The molecule has 1 aliphatic heterocycles. The monoisotopic (exact) mass is 432 g/mol. The molecule has 3 aromatic rings. The van der Waals surface area contributed by atoms with Gasteiger partial charge in [-0.05, 0) is 49.6 Å². The van der Waals surface area contributed by atoms with Crippen LogP contribution in [0.4, 0.5) is 5.69 Å². The molecule has 2 heterocycles. The minimum absolute atomic E-state index is 0.219. The van der Waals surface area contributed by atoms with Gasteiger partial charge in [0, 0.05) is 41.9 Å². The summed E-state index contributed by atoms with van der Waals surface area (Å²) in [5.41, 5.74) is 3.48. The van der Waals surface area contributed by atoms with E-state index in [1.807, 2.05) is 37.3 Å². The summed E-state index contributed by atoms with van der Waals surface area (Å²) in [6.45, 7) is 2.90. The fourth-order valence-corrected chi connectivity index (χ4v) is 3.89. The van der Waals surface area contributed by atoms with Crippen LogP contribution in [0.5, 0.6) is 11.5 Å². The van der Waals surface area contributed by atoms with Gasteiger partial charge in [0.15, 0.2) is 5.82 Å². The van der Waals surface area contributed by atoms with Crippen LogP contribution in [0.25, 0.3) is 17.5 Å². The zero-order valence-corrected chi connectivity index (χ0v) is 18.7. The number of hydrogen-bond acceptors (Lipinski definition) is 5. The number of benzene rings is 2. The average Bonchev–Trinajstić information content (AvgIpc) is 3.06. The van der Waals surface area contributed by atoms with Crippen molar-refractivity contribution in [2.45, 2.75) is 39.2 Å². The Morgan fingerprint density at radius 3 is 2.75 bits per heavy atom. The molecule has 0 aliphatic carbocycles. The van der Waals surface area contributed by atoms with Gasteiger partial charge in [-0.1, -0.05) is 18.6 Å². The second-order valence-electron chi connectivity index (χ2n) is 7.86. The first-order valence-electron chi connectivity index (χ1n) is 10.8. The molecule has 0 bridgehead atoms. The van der Waals surface area contributed by atoms with Crippen LogP contribution in [0.1, 0.15) is 36.2 Å². The molecule has 1 N–H and O–H groups in total. The highest BCUT2D eigenvalue weighted by molar-refractivity contribution is 6.02. The third kappa shape index (κ3) is 4.66. The number of fused-ring (bicyclic) bond motifs is 1. The fraction of sp³-hybridized carbons (Fsp3) is 0.320. The standard InChI is InChI=1S/C25H28N4O3/c1-17-8-9-19(25-28-27-23-7-5-4-6-14-29(23)25)15-21(17)26-24(30)13-11-18-10-12-20(31-2)16-22(18)32-3/h8-13,15-16H,4-7,14H2,1-3H3,(H,26,30)/b13-11+. The largest absolute Gasteiger partial charge is 0.497 e. The van der Waals surface area contributed by atoms with E-state index in [4.69, 9.17) is 9.47 Å². The smallest absolute Gasteiger partial charge is 0.248 e. The Morgan fingerprint density at radius 1 is 1.06 bits per heavy atom. The average molecular weight is 433 g/mol. The van der Waals surface area contributed by atoms with E-state index in [2.05, 4.69) is 20.1 Å². The Kier molecular flexibility index (Phi) is 6.54. The van der Waals surface area contributed by atoms with Gasteiger partial charge < -0.3 is 19.4 Å². The highest BCUT2D eigenvalue weighted by Crippen LogP contribution is 2.28. The lowest BCUT2D eigenvalue weighted by molar-refractivity contribution is -0.111. The molecule has 0 atom stereocenters. The van der Waals surface area contributed by atoms with E-state index in [0.29, 0.717) is 11.5 Å². The topological polar surface area (TPSA) is 78.3 Å². The molecule has 1 amide bonds. The van der Waals surface area contributed by atoms with Crippen molar-refractivity contribution in [3.63, 3.8) is 0 Å². The summed E-state index contributed by atoms with van der Waals surface area (Å²) in [6.07, 6.45) is 7.68. The maximum atomic E-state index is 12.6. The molecule has 2 aromatic carbocycles. The Morgan fingerprint density at radius 2 is 1.94 bits per heavy atom. The number of carbonyl (C=O) groups is 1. The van der Waals surface area contributed by atoms with Crippen LogP contribution in [0.2, 0.25) is 0 Å². The zero-order chi connectivity index (χ0) is 22.5. The molecule has 0 saturated carbocycles. The first kappa shape index (κ1) is 21.6. The number of nitrogens with one attached hydrogen (secondary N) is 1. The van der Waals surface area contributed by atoms with Gasteiger partial charge in [-0.25, -0.2) is 0 Å². The molecular formula is C25H28N4O3. The van der Waals surface area contributed by atoms with Gasteiger partial charge in [0.2, 0.25) is 5.91 Å². The van der Waals surface area contributed by atoms with Crippen molar-refractivity contribution in [3.8, 4) is 22.9 Å². The second-order valence-corrected chi connectivity index (χ2v) is 7.86. The van der Waals surface area contributed by atoms with Crippen LogP contribution < -0.4 is 14.8 Å². The maximum Gasteiger partial charge on any atom is 0.248 e. The quantitative estimate of drug-likeness (QED) is 0.574. The molecule has 4 rings (SSSR count). The first-order chi connectivity index (χ1) is 15.6. The van der Waals surface area contributed by atoms with Crippen molar-refractivity contribution >= 4 is 17.7 Å². The van der Waals surface area contributed by atoms with Crippen LogP contribution in [0.3, 0.4) is 0 Å². The van der Waals surface area contributed by atoms with Crippen molar-refractivity contribution in [1.29, 1.82) is 0 Å². The molecule has 1 aromatic heterocycles. The van der Waals surface area contributed by atoms with Gasteiger partial charge >= 0.3 is 0 Å². The van der Waals surface area contributed by atoms with Gasteiger partial charge in [-0.3, -0.25) is 4.79 Å². The van der Waals surface area contributed by atoms with E-state index >= 15 is 0 Å². The molecule has 0 saturated heterocycles. The highest BCUT2D eigenvalue weighted by atomic mass is 16.5. The van der Waals surface area contributed by atoms with Crippen LogP contribution >= 0.6 is 0 Å². The van der Waals surface area contributed by atoms with E-state index in [1.165, 1.54) is 12.5 Å². The van der Waals surface area contributed by atoms with E-state index in [0.717, 1.165) is 59.8 Å². The highest BCUT2D eigenvalue weighted by Gasteiger charge is 2.17. The molecule has 1 aliphatic rings. The normalized spacial score (nSPS) is 13.5. The number of ether oxygens (including phenoxy) is 2. The summed E-state index contributed by atoms with van der Waals surface area (Å²) in [7, 11) is 3.19. The Bertz CT molecular complexity index is 1150. The third-order valence-electron chi connectivity index (χ3n) is 5.72. The summed E-state index contributed by atoms with van der Waals surface area (Å²) in [6, 6.07) is 11.5. The van der Waals surface area contributed by atoms with Gasteiger partial charge in [0.1, 0.15) is 17.3 Å². The van der Waals surface area contributed by atoms with E-state index < -0.39 is 0 Å².